The van der Waals surface area contributed by atoms with Gasteiger partial charge in [0.15, 0.2) is 0 Å². The van der Waals surface area contributed by atoms with Crippen LogP contribution in [0.4, 0.5) is 4.79 Å². The Bertz CT molecular complexity index is 880. The lowest BCUT2D eigenvalue weighted by molar-refractivity contribution is 0.0327. The third-order valence-corrected chi connectivity index (χ3v) is 5.71. The maximum Gasteiger partial charge on any atom is 0.414 e. The number of benzene rings is 1. The van der Waals surface area contributed by atoms with Crippen LogP contribution in [0, 0.1) is 5.92 Å². The van der Waals surface area contributed by atoms with Gasteiger partial charge in [0.2, 0.25) is 0 Å². The second-order valence-electron chi connectivity index (χ2n) is 8.86. The molecule has 1 unspecified atom stereocenters. The number of hydrogen-bond acceptors (Lipinski definition) is 5. The van der Waals surface area contributed by atoms with Crippen LogP contribution in [-0.2, 0) is 11.2 Å². The summed E-state index contributed by atoms with van der Waals surface area (Å²) < 4.78 is 6.84. The molecule has 0 saturated heterocycles. The van der Waals surface area contributed by atoms with E-state index in [1.807, 2.05) is 20.8 Å². The van der Waals surface area contributed by atoms with Crippen LogP contribution in [0.1, 0.15) is 44.7 Å². The summed E-state index contributed by atoms with van der Waals surface area (Å²) in [7, 11) is 4.15. The molecule has 0 N–H and O–H groups in total. The van der Waals surface area contributed by atoms with Crippen molar-refractivity contribution in [3.05, 3.63) is 34.8 Å². The van der Waals surface area contributed by atoms with Crippen molar-refractivity contribution in [2.75, 3.05) is 27.2 Å². The van der Waals surface area contributed by atoms with Crippen molar-refractivity contribution in [1.29, 1.82) is 0 Å². The van der Waals surface area contributed by atoms with Crippen molar-refractivity contribution in [3.8, 4) is 0 Å². The fraction of sp³-hybridized carbons (Fsp3) is 0.545. The minimum Gasteiger partial charge on any atom is -0.443 e. The first-order valence-corrected chi connectivity index (χ1v) is 10.7. The van der Waals surface area contributed by atoms with E-state index in [9.17, 15) is 4.79 Å². The van der Waals surface area contributed by atoms with E-state index in [0.29, 0.717) is 12.5 Å². The summed E-state index contributed by atoms with van der Waals surface area (Å²) in [5.41, 5.74) is 2.44. The van der Waals surface area contributed by atoms with E-state index in [4.69, 9.17) is 9.72 Å². The molecule has 1 aliphatic heterocycles. The number of carbonyl (C=O) groups excluding carboxylic acids is 1. The van der Waals surface area contributed by atoms with Gasteiger partial charge >= 0.3 is 6.09 Å². The van der Waals surface area contributed by atoms with Crippen LogP contribution in [0.25, 0.3) is 15.9 Å². The van der Waals surface area contributed by atoms with Crippen LogP contribution in [0.2, 0.25) is 0 Å². The van der Waals surface area contributed by atoms with Gasteiger partial charge in [-0.3, -0.25) is 4.90 Å². The quantitative estimate of drug-likeness (QED) is 0.722. The summed E-state index contributed by atoms with van der Waals surface area (Å²) in [6, 6.07) is 6.31. The predicted molar refractivity (Wildman–Crippen MR) is 117 cm³/mol. The van der Waals surface area contributed by atoms with Crippen LogP contribution >= 0.6 is 11.3 Å². The zero-order chi connectivity index (χ0) is 20.5. The van der Waals surface area contributed by atoms with Crippen LogP contribution in [0.5, 0.6) is 0 Å². The summed E-state index contributed by atoms with van der Waals surface area (Å²) >= 11 is 1.75. The molecule has 3 rings (SSSR count). The minimum absolute atomic E-state index is 0.282. The molecule has 0 spiro atoms. The molecule has 1 aliphatic rings. The lowest BCUT2D eigenvalue weighted by atomic mass is 9.98. The fourth-order valence-corrected chi connectivity index (χ4v) is 4.17. The highest BCUT2D eigenvalue weighted by atomic mass is 32.1. The van der Waals surface area contributed by atoms with Crippen molar-refractivity contribution < 1.29 is 9.53 Å². The first kappa shape index (κ1) is 20.8. The molecular weight excluding hydrogens is 370 g/mol. The molecule has 0 radical (unpaired) electrons. The molecule has 28 heavy (non-hydrogen) atoms. The highest BCUT2D eigenvalue weighted by Gasteiger charge is 2.29. The smallest absolute Gasteiger partial charge is 0.414 e. The number of carbonyl (C=O) groups is 1. The van der Waals surface area contributed by atoms with Gasteiger partial charge in [-0.1, -0.05) is 19.1 Å². The fourth-order valence-electron chi connectivity index (χ4n) is 3.23. The van der Waals surface area contributed by atoms with Crippen LogP contribution in [-0.4, -0.2) is 53.7 Å². The van der Waals surface area contributed by atoms with Gasteiger partial charge in [0, 0.05) is 25.1 Å². The lowest BCUT2D eigenvalue weighted by Gasteiger charge is -2.33. The van der Waals surface area contributed by atoms with Gasteiger partial charge in [0.25, 0.3) is 0 Å². The van der Waals surface area contributed by atoms with Crippen LogP contribution < -0.4 is 0 Å². The van der Waals surface area contributed by atoms with Crippen molar-refractivity contribution in [3.63, 3.8) is 0 Å². The number of thiazole rings is 1. The zero-order valence-corrected chi connectivity index (χ0v) is 18.6. The monoisotopic (exact) mass is 401 g/mol. The van der Waals surface area contributed by atoms with Gasteiger partial charge in [-0.05, 0) is 59.3 Å². The number of aromatic nitrogens is 1. The SMILES string of the molecule is CC1CC=C(c2ccc3sc(CCN(C)C)nc3c2)N(C(=O)OC(C)(C)C)C1. The maximum atomic E-state index is 12.8. The van der Waals surface area contributed by atoms with E-state index in [-0.39, 0.29) is 6.09 Å². The number of ether oxygens (including phenoxy) is 1. The summed E-state index contributed by atoms with van der Waals surface area (Å²) in [5.74, 6) is 0.414. The Morgan fingerprint density at radius 2 is 2.11 bits per heavy atom. The molecule has 2 heterocycles. The first-order valence-electron chi connectivity index (χ1n) is 9.87. The third kappa shape index (κ3) is 5.11. The van der Waals surface area contributed by atoms with Gasteiger partial charge in [0.05, 0.1) is 20.9 Å². The molecule has 2 aromatic rings. The van der Waals surface area contributed by atoms with Gasteiger partial charge in [-0.25, -0.2) is 9.78 Å². The largest absolute Gasteiger partial charge is 0.443 e. The Labute approximate surface area is 172 Å². The molecule has 1 aromatic heterocycles. The summed E-state index contributed by atoms with van der Waals surface area (Å²) in [6.45, 7) is 9.52. The minimum atomic E-state index is -0.511. The normalized spacial score (nSPS) is 17.9. The Morgan fingerprint density at radius 3 is 2.79 bits per heavy atom. The van der Waals surface area contributed by atoms with E-state index < -0.39 is 5.60 Å². The second kappa shape index (κ2) is 8.21. The van der Waals surface area contributed by atoms with Gasteiger partial charge in [-0.2, -0.15) is 0 Å². The van der Waals surface area contributed by atoms with E-state index in [0.717, 1.165) is 41.2 Å². The molecular formula is C22H31N3O2S. The number of nitrogens with zero attached hydrogens (tertiary/aromatic N) is 3. The van der Waals surface area contributed by atoms with E-state index in [1.54, 1.807) is 16.2 Å². The topological polar surface area (TPSA) is 45.7 Å². The summed E-state index contributed by atoms with van der Waals surface area (Å²) in [5, 5.41) is 1.15. The van der Waals surface area contributed by atoms with Gasteiger partial charge in [0.1, 0.15) is 5.60 Å². The average Bonchev–Trinajstić information content (AvgIpc) is 3.00. The van der Waals surface area contributed by atoms with E-state index >= 15 is 0 Å². The highest BCUT2D eigenvalue weighted by Crippen LogP contribution is 2.32. The number of allylic oxidation sites excluding steroid dienone is 1. The molecule has 1 amide bonds. The van der Waals surface area contributed by atoms with Crippen LogP contribution in [0.15, 0.2) is 24.3 Å². The van der Waals surface area contributed by atoms with Crippen molar-refractivity contribution in [1.82, 2.24) is 14.8 Å². The molecule has 0 bridgehead atoms. The molecule has 152 valence electrons. The second-order valence-corrected chi connectivity index (χ2v) is 9.98. The Hall–Kier alpha value is -1.92. The van der Waals surface area contributed by atoms with E-state index in [1.165, 1.54) is 4.70 Å². The summed E-state index contributed by atoms with van der Waals surface area (Å²) in [4.78, 5) is 21.6. The zero-order valence-electron chi connectivity index (χ0n) is 17.8. The third-order valence-electron chi connectivity index (χ3n) is 4.61. The highest BCUT2D eigenvalue weighted by molar-refractivity contribution is 7.18. The van der Waals surface area contributed by atoms with Crippen molar-refractivity contribution in [2.24, 2.45) is 5.92 Å². The van der Waals surface area contributed by atoms with Crippen molar-refractivity contribution in [2.45, 2.75) is 46.1 Å². The molecule has 6 heteroatoms. The van der Waals surface area contributed by atoms with E-state index in [2.05, 4.69) is 50.2 Å². The molecule has 1 atom stereocenters. The van der Waals surface area contributed by atoms with Crippen molar-refractivity contribution >= 4 is 33.3 Å². The summed E-state index contributed by atoms with van der Waals surface area (Å²) in [6.07, 6.45) is 3.78. The average molecular weight is 402 g/mol. The number of amides is 1. The lowest BCUT2D eigenvalue weighted by Crippen LogP contribution is -2.39. The molecule has 0 aliphatic carbocycles. The predicted octanol–water partition coefficient (Wildman–Crippen LogP) is 5.02. The van der Waals surface area contributed by atoms with Crippen LogP contribution in [0.3, 0.4) is 0 Å². The first-order chi connectivity index (χ1) is 13.1. The number of likely N-dealkylation sites (N-methyl/N-ethyl adjacent to an activating group) is 1. The molecule has 1 aromatic carbocycles. The molecule has 0 saturated carbocycles. The standard InChI is InChI=1S/C22H31N3O2S/c1-15-7-9-18(25(14-15)21(26)27-22(2,3)4)16-8-10-19-17(13-16)23-20(28-19)11-12-24(5)6/h8-10,13,15H,7,11-12,14H2,1-6H3. The Kier molecular flexibility index (Phi) is 6.10. The number of fused-ring (bicyclic) bond motifs is 1. The Balaban J connectivity index is 1.88. The molecule has 0 fully saturated rings. The Morgan fingerprint density at radius 1 is 1.36 bits per heavy atom. The molecule has 5 nitrogen and oxygen atoms in total. The number of rotatable bonds is 4. The maximum absolute atomic E-state index is 12.8. The van der Waals surface area contributed by atoms with Gasteiger partial charge in [-0.15, -0.1) is 11.3 Å². The van der Waals surface area contributed by atoms with Gasteiger partial charge < -0.3 is 9.64 Å². The number of hydrogen-bond donors (Lipinski definition) is 0.